The molecule has 2 aliphatic rings. The number of aromatic nitrogens is 2. The molecule has 1 N–H and O–H groups in total. The van der Waals surface area contributed by atoms with Gasteiger partial charge in [-0.1, -0.05) is 0 Å². The number of methoxy groups -OCH3 is 1. The van der Waals surface area contributed by atoms with Crippen molar-refractivity contribution < 1.29 is 14.3 Å². The van der Waals surface area contributed by atoms with E-state index in [4.69, 9.17) is 9.47 Å². The third-order valence-corrected chi connectivity index (χ3v) is 5.31. The van der Waals surface area contributed by atoms with E-state index in [0.29, 0.717) is 11.5 Å². The summed E-state index contributed by atoms with van der Waals surface area (Å²) in [6.45, 7) is 0. The van der Waals surface area contributed by atoms with E-state index in [-0.39, 0.29) is 23.8 Å². The fourth-order valence-corrected chi connectivity index (χ4v) is 3.75. The van der Waals surface area contributed by atoms with Gasteiger partial charge >= 0.3 is 0 Å². The molecule has 0 saturated heterocycles. The molecule has 1 amide bonds. The van der Waals surface area contributed by atoms with Gasteiger partial charge in [-0.15, -0.1) is 0 Å². The monoisotopic (exact) mass is 355 g/mol. The zero-order valence-corrected chi connectivity index (χ0v) is 15.3. The number of anilines is 1. The molecule has 138 valence electrons. The van der Waals surface area contributed by atoms with Crippen molar-refractivity contribution in [2.24, 2.45) is 13.0 Å². The Bertz CT molecular complexity index is 795. The molecule has 6 heteroatoms. The summed E-state index contributed by atoms with van der Waals surface area (Å²) >= 11 is 0. The predicted molar refractivity (Wildman–Crippen MR) is 98.6 cm³/mol. The fraction of sp³-hybridized carbons (Fsp3) is 0.500. The van der Waals surface area contributed by atoms with Crippen LogP contribution in [0.25, 0.3) is 0 Å². The maximum Gasteiger partial charge on any atom is 0.228 e. The molecule has 1 heterocycles. The van der Waals surface area contributed by atoms with Gasteiger partial charge in [0.05, 0.1) is 19.4 Å². The van der Waals surface area contributed by atoms with Crippen LogP contribution in [0, 0.1) is 5.92 Å². The summed E-state index contributed by atoms with van der Waals surface area (Å²) in [6, 6.07) is 5.58. The predicted octanol–water partition coefficient (Wildman–Crippen LogP) is 3.49. The number of hydrogen-bond donors (Lipinski definition) is 1. The number of rotatable bonds is 6. The molecule has 1 aromatic heterocycles. The number of carbonyl (C=O) groups is 1. The number of ether oxygens (including phenoxy) is 2. The lowest BCUT2D eigenvalue weighted by Gasteiger charge is -2.17. The summed E-state index contributed by atoms with van der Waals surface area (Å²) < 4.78 is 13.3. The van der Waals surface area contributed by atoms with E-state index in [9.17, 15) is 4.79 Å². The summed E-state index contributed by atoms with van der Waals surface area (Å²) in [4.78, 5) is 12.6. The Hall–Kier alpha value is -2.50. The Morgan fingerprint density at radius 2 is 2.08 bits per heavy atom. The normalized spacial score (nSPS) is 22.2. The molecule has 0 aliphatic heterocycles. The maximum atomic E-state index is 12.6. The summed E-state index contributed by atoms with van der Waals surface area (Å²) in [5, 5.41) is 7.21. The number of carbonyl (C=O) groups excluding carboxylic acids is 1. The molecule has 0 bridgehead atoms. The average molecular weight is 355 g/mol. The second-order valence-corrected chi connectivity index (χ2v) is 7.28. The van der Waals surface area contributed by atoms with Crippen molar-refractivity contribution in [3.63, 3.8) is 0 Å². The van der Waals surface area contributed by atoms with E-state index in [1.54, 1.807) is 11.8 Å². The summed E-state index contributed by atoms with van der Waals surface area (Å²) in [7, 11) is 3.53. The van der Waals surface area contributed by atoms with Crippen molar-refractivity contribution in [2.45, 2.75) is 44.1 Å². The van der Waals surface area contributed by atoms with Gasteiger partial charge in [-0.2, -0.15) is 5.10 Å². The molecule has 1 aromatic carbocycles. The molecular weight excluding hydrogens is 330 g/mol. The van der Waals surface area contributed by atoms with Gasteiger partial charge in [-0.25, -0.2) is 0 Å². The third-order valence-electron chi connectivity index (χ3n) is 5.31. The number of amides is 1. The maximum absolute atomic E-state index is 12.6. The van der Waals surface area contributed by atoms with Gasteiger partial charge in [-0.3, -0.25) is 9.48 Å². The van der Waals surface area contributed by atoms with E-state index in [1.807, 2.05) is 37.6 Å². The van der Waals surface area contributed by atoms with Crippen LogP contribution in [0.5, 0.6) is 11.5 Å². The molecule has 2 aromatic rings. The molecule has 2 aliphatic carbocycles. The Morgan fingerprint density at radius 1 is 1.27 bits per heavy atom. The van der Waals surface area contributed by atoms with Crippen LogP contribution in [0.15, 0.2) is 30.6 Å². The van der Waals surface area contributed by atoms with Gasteiger partial charge in [0.2, 0.25) is 5.91 Å². The Morgan fingerprint density at radius 3 is 2.77 bits per heavy atom. The van der Waals surface area contributed by atoms with Crippen LogP contribution in [0.4, 0.5) is 5.69 Å². The SMILES string of the molecule is COc1ccc(NC(=O)[C@@H]2C[C@@H]2c2cnn(C)c2)cc1OC1CCCC1. The lowest BCUT2D eigenvalue weighted by molar-refractivity contribution is -0.117. The Kier molecular flexibility index (Phi) is 4.57. The quantitative estimate of drug-likeness (QED) is 0.861. The van der Waals surface area contributed by atoms with E-state index in [2.05, 4.69) is 10.4 Å². The molecule has 0 radical (unpaired) electrons. The van der Waals surface area contributed by atoms with Gasteiger partial charge in [0, 0.05) is 30.9 Å². The van der Waals surface area contributed by atoms with Crippen LogP contribution in [-0.2, 0) is 11.8 Å². The molecule has 2 atom stereocenters. The lowest BCUT2D eigenvalue weighted by atomic mass is 10.2. The van der Waals surface area contributed by atoms with Crippen LogP contribution in [-0.4, -0.2) is 28.9 Å². The van der Waals surface area contributed by atoms with Crippen LogP contribution in [0.2, 0.25) is 0 Å². The Labute approximate surface area is 153 Å². The van der Waals surface area contributed by atoms with Gasteiger partial charge < -0.3 is 14.8 Å². The standard InChI is InChI=1S/C20H25N3O3/c1-23-12-13(11-21-23)16-10-17(16)20(24)22-14-7-8-18(25-2)19(9-14)26-15-5-3-4-6-15/h7-9,11-12,15-17H,3-6,10H2,1-2H3,(H,22,24)/t16-,17-/m1/s1. The first kappa shape index (κ1) is 16.9. The molecule has 2 saturated carbocycles. The molecule has 26 heavy (non-hydrogen) atoms. The van der Waals surface area contributed by atoms with Gasteiger partial charge in [0.1, 0.15) is 0 Å². The van der Waals surface area contributed by atoms with Crippen molar-refractivity contribution in [1.29, 1.82) is 0 Å². The molecule has 6 nitrogen and oxygen atoms in total. The smallest absolute Gasteiger partial charge is 0.228 e. The molecule has 4 rings (SSSR count). The van der Waals surface area contributed by atoms with E-state index in [0.717, 1.165) is 30.5 Å². The zero-order chi connectivity index (χ0) is 18.1. The fourth-order valence-electron chi connectivity index (χ4n) is 3.75. The van der Waals surface area contributed by atoms with Crippen molar-refractivity contribution >= 4 is 11.6 Å². The van der Waals surface area contributed by atoms with Gasteiger partial charge in [0.25, 0.3) is 0 Å². The molecule has 0 spiro atoms. The summed E-state index contributed by atoms with van der Waals surface area (Å²) in [5.74, 6) is 1.75. The summed E-state index contributed by atoms with van der Waals surface area (Å²) in [6.07, 6.45) is 9.52. The van der Waals surface area contributed by atoms with E-state index >= 15 is 0 Å². The molecule has 0 unspecified atom stereocenters. The third kappa shape index (κ3) is 3.54. The average Bonchev–Trinajstić information content (AvgIpc) is 3.04. The molecule has 2 fully saturated rings. The van der Waals surface area contributed by atoms with Crippen LogP contribution < -0.4 is 14.8 Å². The minimum atomic E-state index is 0.0144. The minimum Gasteiger partial charge on any atom is -0.493 e. The van der Waals surface area contributed by atoms with Crippen molar-refractivity contribution in [3.05, 3.63) is 36.2 Å². The van der Waals surface area contributed by atoms with Crippen LogP contribution >= 0.6 is 0 Å². The van der Waals surface area contributed by atoms with Gasteiger partial charge in [0.15, 0.2) is 11.5 Å². The lowest BCUT2D eigenvalue weighted by Crippen LogP contribution is -2.15. The Balaban J connectivity index is 1.42. The van der Waals surface area contributed by atoms with Gasteiger partial charge in [-0.05, 0) is 55.7 Å². The van der Waals surface area contributed by atoms with E-state index in [1.165, 1.54) is 12.8 Å². The van der Waals surface area contributed by atoms with Crippen LogP contribution in [0.1, 0.15) is 43.6 Å². The highest BCUT2D eigenvalue weighted by Crippen LogP contribution is 2.48. The zero-order valence-electron chi connectivity index (χ0n) is 15.3. The topological polar surface area (TPSA) is 65.4 Å². The number of nitrogens with zero attached hydrogens (tertiary/aromatic N) is 2. The van der Waals surface area contributed by atoms with Crippen molar-refractivity contribution in [3.8, 4) is 11.5 Å². The highest BCUT2D eigenvalue weighted by molar-refractivity contribution is 5.95. The first-order valence-electron chi connectivity index (χ1n) is 9.28. The van der Waals surface area contributed by atoms with Crippen molar-refractivity contribution in [1.82, 2.24) is 9.78 Å². The number of aryl methyl sites for hydroxylation is 1. The first-order valence-corrected chi connectivity index (χ1v) is 9.28. The number of benzene rings is 1. The highest BCUT2D eigenvalue weighted by atomic mass is 16.5. The molecular formula is C20H25N3O3. The summed E-state index contributed by atoms with van der Waals surface area (Å²) in [5.41, 5.74) is 1.88. The first-order chi connectivity index (χ1) is 12.6. The minimum absolute atomic E-state index is 0.0144. The number of nitrogens with one attached hydrogen (secondary N) is 1. The van der Waals surface area contributed by atoms with Crippen LogP contribution in [0.3, 0.4) is 0 Å². The number of hydrogen-bond acceptors (Lipinski definition) is 4. The second-order valence-electron chi connectivity index (χ2n) is 7.28. The van der Waals surface area contributed by atoms with Crippen molar-refractivity contribution in [2.75, 3.05) is 12.4 Å². The second kappa shape index (κ2) is 7.02. The largest absolute Gasteiger partial charge is 0.493 e. The van der Waals surface area contributed by atoms with E-state index < -0.39 is 0 Å². The highest BCUT2D eigenvalue weighted by Gasteiger charge is 2.44.